The second-order valence-electron chi connectivity index (χ2n) is 8.45. The maximum atomic E-state index is 7.26. The van der Waals surface area contributed by atoms with Gasteiger partial charge in [-0.25, -0.2) is 0 Å². The third kappa shape index (κ3) is 4.54. The van der Waals surface area contributed by atoms with Crippen molar-refractivity contribution in [2.75, 3.05) is 11.5 Å². The molecule has 2 aromatic carbocycles. The van der Waals surface area contributed by atoms with Crippen molar-refractivity contribution >= 4 is 41.3 Å². The molecule has 1 saturated heterocycles. The lowest BCUT2D eigenvalue weighted by Crippen LogP contribution is -2.68. The van der Waals surface area contributed by atoms with Crippen LogP contribution in [0.3, 0.4) is 0 Å². The van der Waals surface area contributed by atoms with Crippen LogP contribution in [0.2, 0.25) is 5.04 Å². The van der Waals surface area contributed by atoms with Gasteiger partial charge in [0.1, 0.15) is 0 Å². The van der Waals surface area contributed by atoms with Gasteiger partial charge < -0.3 is 13.9 Å². The molecule has 0 spiro atoms. The third-order valence-electron chi connectivity index (χ3n) is 5.52. The Labute approximate surface area is 184 Å². The van der Waals surface area contributed by atoms with Crippen molar-refractivity contribution in [1.82, 2.24) is 0 Å². The van der Waals surface area contributed by atoms with E-state index < -0.39 is 8.32 Å². The predicted molar refractivity (Wildman–Crippen MR) is 126 cm³/mol. The summed E-state index contributed by atoms with van der Waals surface area (Å²) in [5.74, 6) is 0. The van der Waals surface area contributed by atoms with Crippen LogP contribution in [0.5, 0.6) is 0 Å². The van der Waals surface area contributed by atoms with Crippen LogP contribution in [0.25, 0.3) is 0 Å². The molecule has 3 rings (SSSR count). The highest BCUT2D eigenvalue weighted by Gasteiger charge is 2.52. The Morgan fingerprint density at radius 2 is 1.50 bits per heavy atom. The van der Waals surface area contributed by atoms with E-state index >= 15 is 0 Å². The van der Waals surface area contributed by atoms with Crippen LogP contribution in [0, 0.1) is 0 Å². The molecular formula is C23H31IO3Si. The second-order valence-corrected chi connectivity index (χ2v) is 13.6. The van der Waals surface area contributed by atoms with Crippen LogP contribution in [-0.2, 0) is 13.9 Å². The van der Waals surface area contributed by atoms with Crippen molar-refractivity contribution in [2.24, 2.45) is 0 Å². The zero-order chi connectivity index (χ0) is 20.2. The van der Waals surface area contributed by atoms with E-state index in [1.54, 1.807) is 7.11 Å². The average molecular weight is 510 g/mol. The molecule has 3 unspecified atom stereocenters. The Balaban J connectivity index is 2.08. The first-order valence-electron chi connectivity index (χ1n) is 9.94. The Morgan fingerprint density at radius 3 is 1.93 bits per heavy atom. The zero-order valence-corrected chi connectivity index (χ0v) is 20.4. The molecule has 0 saturated carbocycles. The quantitative estimate of drug-likeness (QED) is 0.325. The molecule has 1 aliphatic rings. The number of hydrogen-bond acceptors (Lipinski definition) is 3. The average Bonchev–Trinajstić information content (AvgIpc) is 2.72. The molecular weight excluding hydrogens is 479 g/mol. The van der Waals surface area contributed by atoms with E-state index in [9.17, 15) is 0 Å². The predicted octanol–water partition coefficient (Wildman–Crippen LogP) is 4.52. The van der Waals surface area contributed by atoms with Gasteiger partial charge in [0.2, 0.25) is 0 Å². The SMILES string of the molecule is COC1CC(O[Si](c2ccccc2)(c2ccccc2)C(C)(C)C)CC(CI)O1. The topological polar surface area (TPSA) is 27.7 Å². The maximum Gasteiger partial charge on any atom is 0.261 e. The van der Waals surface area contributed by atoms with E-state index in [0.717, 1.165) is 17.3 Å². The molecule has 3 atom stereocenters. The molecule has 5 heteroatoms. The molecule has 0 N–H and O–H groups in total. The molecule has 0 bridgehead atoms. The van der Waals surface area contributed by atoms with Gasteiger partial charge in [-0.3, -0.25) is 0 Å². The molecule has 28 heavy (non-hydrogen) atoms. The lowest BCUT2D eigenvalue weighted by molar-refractivity contribution is -0.194. The molecule has 0 radical (unpaired) electrons. The minimum Gasteiger partial charge on any atom is -0.404 e. The molecule has 3 nitrogen and oxygen atoms in total. The second kappa shape index (κ2) is 9.39. The summed E-state index contributed by atoms with van der Waals surface area (Å²) < 4.78 is 19.8. The summed E-state index contributed by atoms with van der Waals surface area (Å²) in [5, 5.41) is 2.62. The van der Waals surface area contributed by atoms with Crippen molar-refractivity contribution in [3.8, 4) is 0 Å². The number of hydrogen-bond donors (Lipinski definition) is 0. The largest absolute Gasteiger partial charge is 0.404 e. The summed E-state index contributed by atoms with van der Waals surface area (Å²) in [6.45, 7) is 6.96. The summed E-state index contributed by atoms with van der Waals surface area (Å²) >= 11 is 2.39. The number of methoxy groups -OCH3 is 1. The standard InChI is InChI=1S/C23H31IO3Si/c1-23(2,3)28(20-11-7-5-8-12-20,21-13-9-6-10-14-21)27-18-15-19(17-24)26-22(16-18)25-4/h5-14,18-19,22H,15-17H2,1-4H3. The van der Waals surface area contributed by atoms with Gasteiger partial charge in [0.15, 0.2) is 6.29 Å². The zero-order valence-electron chi connectivity index (χ0n) is 17.2. The molecule has 152 valence electrons. The summed E-state index contributed by atoms with van der Waals surface area (Å²) in [4.78, 5) is 0. The fourth-order valence-electron chi connectivity index (χ4n) is 4.22. The van der Waals surface area contributed by atoms with Crippen molar-refractivity contribution in [3.63, 3.8) is 0 Å². The van der Waals surface area contributed by atoms with E-state index in [1.807, 2.05) is 0 Å². The van der Waals surface area contributed by atoms with Crippen LogP contribution in [-0.4, -0.2) is 38.4 Å². The highest BCUT2D eigenvalue weighted by molar-refractivity contribution is 14.1. The van der Waals surface area contributed by atoms with Gasteiger partial charge in [-0.15, -0.1) is 0 Å². The van der Waals surface area contributed by atoms with Crippen molar-refractivity contribution in [3.05, 3.63) is 60.7 Å². The van der Waals surface area contributed by atoms with Gasteiger partial charge >= 0.3 is 0 Å². The fourth-order valence-corrected chi connectivity index (χ4v) is 9.49. The smallest absolute Gasteiger partial charge is 0.261 e. The Bertz CT molecular complexity index is 681. The van der Waals surface area contributed by atoms with E-state index in [1.165, 1.54) is 10.4 Å². The molecule has 1 aliphatic heterocycles. The minimum atomic E-state index is -2.53. The summed E-state index contributed by atoms with van der Waals surface area (Å²) in [6, 6.07) is 21.7. The molecule has 0 aromatic heterocycles. The lowest BCUT2D eigenvalue weighted by Gasteiger charge is -2.47. The monoisotopic (exact) mass is 510 g/mol. The number of alkyl halides is 1. The number of benzene rings is 2. The molecule has 1 fully saturated rings. The van der Waals surface area contributed by atoms with Gasteiger partial charge in [0.05, 0.1) is 12.2 Å². The first kappa shape index (κ1) is 22.0. The Hall–Kier alpha value is -0.733. The minimum absolute atomic E-state index is 0.0175. The molecule has 2 aromatic rings. The number of ether oxygens (including phenoxy) is 2. The Morgan fingerprint density at radius 1 is 0.964 bits per heavy atom. The van der Waals surface area contributed by atoms with Crippen LogP contribution < -0.4 is 10.4 Å². The maximum absolute atomic E-state index is 7.26. The first-order chi connectivity index (χ1) is 13.4. The lowest BCUT2D eigenvalue weighted by atomic mass is 10.1. The summed E-state index contributed by atoms with van der Waals surface area (Å²) in [5.41, 5.74) is 0. The molecule has 0 amide bonds. The van der Waals surface area contributed by atoms with Crippen LogP contribution >= 0.6 is 22.6 Å². The van der Waals surface area contributed by atoms with Gasteiger partial charge in [0.25, 0.3) is 8.32 Å². The van der Waals surface area contributed by atoms with E-state index in [0.29, 0.717) is 0 Å². The molecule has 0 aliphatic carbocycles. The van der Waals surface area contributed by atoms with Crippen LogP contribution in [0.1, 0.15) is 33.6 Å². The highest BCUT2D eigenvalue weighted by atomic mass is 127. The van der Waals surface area contributed by atoms with E-state index in [2.05, 4.69) is 104 Å². The number of rotatable bonds is 6. The van der Waals surface area contributed by atoms with Gasteiger partial charge in [-0.1, -0.05) is 104 Å². The van der Waals surface area contributed by atoms with E-state index in [-0.39, 0.29) is 23.5 Å². The number of halogens is 1. The van der Waals surface area contributed by atoms with Crippen LogP contribution in [0.4, 0.5) is 0 Å². The first-order valence-corrected chi connectivity index (χ1v) is 13.4. The fraction of sp³-hybridized carbons (Fsp3) is 0.478. The third-order valence-corrected chi connectivity index (χ3v) is 11.6. The summed E-state index contributed by atoms with van der Waals surface area (Å²) in [7, 11) is -0.813. The summed E-state index contributed by atoms with van der Waals surface area (Å²) in [6.07, 6.45) is 1.77. The van der Waals surface area contributed by atoms with Crippen molar-refractivity contribution in [2.45, 2.75) is 57.1 Å². The highest BCUT2D eigenvalue weighted by Crippen LogP contribution is 2.39. The van der Waals surface area contributed by atoms with Gasteiger partial charge in [-0.2, -0.15) is 0 Å². The van der Waals surface area contributed by atoms with Crippen molar-refractivity contribution in [1.29, 1.82) is 0 Å². The van der Waals surface area contributed by atoms with Gasteiger partial charge in [0, 0.05) is 18.0 Å². The van der Waals surface area contributed by atoms with E-state index in [4.69, 9.17) is 13.9 Å². The van der Waals surface area contributed by atoms with Crippen LogP contribution in [0.15, 0.2) is 60.7 Å². The Kier molecular flexibility index (Phi) is 7.36. The van der Waals surface area contributed by atoms with Crippen molar-refractivity contribution < 1.29 is 13.9 Å². The normalized spacial score (nSPS) is 23.5. The van der Waals surface area contributed by atoms with Gasteiger partial charge in [-0.05, 0) is 21.8 Å². The molecule has 1 heterocycles.